The van der Waals surface area contributed by atoms with Crippen molar-refractivity contribution in [1.29, 1.82) is 0 Å². The fourth-order valence-electron chi connectivity index (χ4n) is 5.33. The largest absolute Gasteiger partial charge is 0.509 e. The number of aliphatic hydroxyl groups excluding tert-OH is 1. The molecule has 10 nitrogen and oxygen atoms in total. The Kier molecular flexibility index (Phi) is 6.31. The summed E-state index contributed by atoms with van der Waals surface area (Å²) < 4.78 is 19.8. The summed E-state index contributed by atoms with van der Waals surface area (Å²) in [6, 6.07) is 3.21. The van der Waals surface area contributed by atoms with Crippen molar-refractivity contribution in [2.24, 2.45) is 11.0 Å². The van der Waals surface area contributed by atoms with Crippen LogP contribution in [-0.2, 0) is 20.9 Å². The molecule has 4 aliphatic heterocycles. The highest BCUT2D eigenvalue weighted by Crippen LogP contribution is 2.40. The summed E-state index contributed by atoms with van der Waals surface area (Å²) >= 11 is 0. The third-order valence-corrected chi connectivity index (χ3v) is 7.30. The molecule has 0 aliphatic carbocycles. The maximum atomic E-state index is 14.0. The SMILES string of the molecule is CCN1CCN2C(=C(O)C3C(=O)N4Cc5ccc(F)cc5OCCCCCN(C)C(=O)C(=N4)C32)C1=O. The summed E-state index contributed by atoms with van der Waals surface area (Å²) in [7, 11) is 1.68. The Bertz CT molecular complexity index is 1170. The summed E-state index contributed by atoms with van der Waals surface area (Å²) in [5.41, 5.74) is 0.684. The summed E-state index contributed by atoms with van der Waals surface area (Å²) in [5.74, 6) is -2.88. The van der Waals surface area contributed by atoms with Crippen LogP contribution in [0.2, 0.25) is 0 Å². The molecule has 1 aromatic rings. The summed E-state index contributed by atoms with van der Waals surface area (Å²) in [6.07, 6.45) is 2.27. The molecule has 0 radical (unpaired) electrons. The van der Waals surface area contributed by atoms with Crippen molar-refractivity contribution >= 4 is 23.4 Å². The molecule has 2 unspecified atom stereocenters. The van der Waals surface area contributed by atoms with Crippen molar-refractivity contribution in [1.82, 2.24) is 19.7 Å². The maximum Gasteiger partial charge on any atom is 0.273 e. The van der Waals surface area contributed by atoms with E-state index in [0.29, 0.717) is 44.1 Å². The first-order valence-corrected chi connectivity index (χ1v) is 12.4. The van der Waals surface area contributed by atoms with Crippen LogP contribution in [0.4, 0.5) is 4.39 Å². The molecule has 36 heavy (non-hydrogen) atoms. The second-order valence-electron chi connectivity index (χ2n) is 9.50. The number of halogens is 1. The quantitative estimate of drug-likeness (QED) is 0.628. The fraction of sp³-hybridized carbons (Fsp3) is 0.520. The molecule has 1 saturated heterocycles. The average molecular weight is 500 g/mol. The van der Waals surface area contributed by atoms with Gasteiger partial charge >= 0.3 is 0 Å². The number of carbonyl (C=O) groups is 3. The van der Waals surface area contributed by atoms with Gasteiger partial charge in [-0.15, -0.1) is 0 Å². The molecule has 4 heterocycles. The van der Waals surface area contributed by atoms with Crippen molar-refractivity contribution in [2.75, 3.05) is 39.8 Å². The number of hydrogen-bond acceptors (Lipinski definition) is 7. The Balaban J connectivity index is 1.60. The minimum atomic E-state index is -1.14. The number of ether oxygens (including phenoxy) is 1. The van der Waals surface area contributed by atoms with Crippen molar-refractivity contribution in [3.8, 4) is 5.75 Å². The highest BCUT2D eigenvalue weighted by molar-refractivity contribution is 6.42. The number of carbonyl (C=O) groups excluding carboxylic acids is 3. The van der Waals surface area contributed by atoms with Crippen LogP contribution in [0, 0.1) is 11.7 Å². The molecule has 3 amide bonds. The summed E-state index contributed by atoms with van der Waals surface area (Å²) in [4.78, 5) is 45.2. The molecule has 0 spiro atoms. The van der Waals surface area contributed by atoms with Gasteiger partial charge in [0.2, 0.25) is 0 Å². The van der Waals surface area contributed by atoms with Gasteiger partial charge in [0.15, 0.2) is 0 Å². The molecule has 2 atom stereocenters. The Hall–Kier alpha value is -3.63. The van der Waals surface area contributed by atoms with Gasteiger partial charge in [-0.1, -0.05) is 6.07 Å². The fourth-order valence-corrected chi connectivity index (χ4v) is 5.33. The van der Waals surface area contributed by atoms with Crippen LogP contribution >= 0.6 is 0 Å². The second kappa shape index (κ2) is 9.44. The number of piperazine rings is 1. The number of fused-ring (bicyclic) bond motifs is 6. The molecule has 192 valence electrons. The zero-order valence-corrected chi connectivity index (χ0v) is 20.4. The molecule has 0 aromatic heterocycles. The number of likely N-dealkylation sites (N-methyl/N-ethyl adjacent to an activating group) is 1. The van der Waals surface area contributed by atoms with Crippen molar-refractivity contribution in [3.05, 3.63) is 41.0 Å². The van der Waals surface area contributed by atoms with Crippen LogP contribution in [0.3, 0.4) is 0 Å². The van der Waals surface area contributed by atoms with Gasteiger partial charge < -0.3 is 24.5 Å². The lowest BCUT2D eigenvalue weighted by atomic mass is 9.92. The lowest BCUT2D eigenvalue weighted by Crippen LogP contribution is -2.59. The maximum absolute atomic E-state index is 14.0. The zero-order valence-electron chi connectivity index (χ0n) is 20.4. The molecule has 0 saturated carbocycles. The molecule has 11 heteroatoms. The predicted molar refractivity (Wildman–Crippen MR) is 127 cm³/mol. The molecule has 1 N–H and O–H groups in total. The van der Waals surface area contributed by atoms with E-state index in [1.54, 1.807) is 21.7 Å². The van der Waals surface area contributed by atoms with Crippen LogP contribution < -0.4 is 4.74 Å². The third kappa shape index (κ3) is 3.96. The van der Waals surface area contributed by atoms with Gasteiger partial charge in [0.25, 0.3) is 17.7 Å². The number of hydrogen-bond donors (Lipinski definition) is 1. The second-order valence-corrected chi connectivity index (χ2v) is 9.50. The number of amides is 3. The monoisotopic (exact) mass is 499 g/mol. The van der Waals surface area contributed by atoms with E-state index in [-0.39, 0.29) is 35.5 Å². The first-order chi connectivity index (χ1) is 17.3. The van der Waals surface area contributed by atoms with E-state index in [1.807, 2.05) is 6.92 Å². The van der Waals surface area contributed by atoms with E-state index in [1.165, 1.54) is 18.2 Å². The predicted octanol–water partition coefficient (Wildman–Crippen LogP) is 1.48. The number of nitrogens with zero attached hydrogens (tertiary/aromatic N) is 5. The van der Waals surface area contributed by atoms with Crippen LogP contribution in [0.5, 0.6) is 5.75 Å². The minimum absolute atomic E-state index is 0.0557. The normalized spacial score (nSPS) is 25.2. The van der Waals surface area contributed by atoms with Crippen LogP contribution in [0.15, 0.2) is 34.8 Å². The van der Waals surface area contributed by atoms with E-state index in [4.69, 9.17) is 4.74 Å². The molecular formula is C25H30FN5O5. The number of benzene rings is 1. The van der Waals surface area contributed by atoms with Crippen molar-refractivity contribution in [2.45, 2.75) is 38.8 Å². The van der Waals surface area contributed by atoms with Gasteiger partial charge in [-0.2, -0.15) is 5.10 Å². The van der Waals surface area contributed by atoms with Crippen molar-refractivity contribution < 1.29 is 28.6 Å². The van der Waals surface area contributed by atoms with E-state index in [0.717, 1.165) is 24.3 Å². The first kappa shape index (κ1) is 24.1. The Morgan fingerprint density at radius 2 is 1.92 bits per heavy atom. The van der Waals surface area contributed by atoms with E-state index >= 15 is 0 Å². The Labute approximate surface area is 208 Å². The Morgan fingerprint density at radius 1 is 1.11 bits per heavy atom. The molecule has 1 fully saturated rings. The first-order valence-electron chi connectivity index (χ1n) is 12.4. The van der Waals surface area contributed by atoms with Gasteiger partial charge in [-0.3, -0.25) is 14.4 Å². The molecular weight excluding hydrogens is 469 g/mol. The highest BCUT2D eigenvalue weighted by atomic mass is 19.1. The number of rotatable bonds is 1. The van der Waals surface area contributed by atoms with Crippen LogP contribution in [0.1, 0.15) is 31.7 Å². The highest BCUT2D eigenvalue weighted by Gasteiger charge is 2.56. The minimum Gasteiger partial charge on any atom is -0.509 e. The smallest absolute Gasteiger partial charge is 0.273 e. The van der Waals surface area contributed by atoms with Gasteiger partial charge in [0.05, 0.1) is 19.2 Å². The average Bonchev–Trinajstić information content (AvgIpc) is 3.16. The lowest BCUT2D eigenvalue weighted by Gasteiger charge is -2.40. The van der Waals surface area contributed by atoms with E-state index in [2.05, 4.69) is 5.10 Å². The summed E-state index contributed by atoms with van der Waals surface area (Å²) in [6.45, 7) is 3.88. The van der Waals surface area contributed by atoms with Gasteiger partial charge in [0.1, 0.15) is 34.7 Å². The van der Waals surface area contributed by atoms with E-state index in [9.17, 15) is 23.9 Å². The van der Waals surface area contributed by atoms with Gasteiger partial charge in [0, 0.05) is 44.9 Å². The topological polar surface area (TPSA) is 106 Å². The standard InChI is InChI=1S/C25H30FN5O5/c1-3-29-10-11-30-20-18(22(32)21(30)25(29)35)23(33)31-14-15-7-8-16(26)13-17(15)36-12-6-4-5-9-28(2)24(34)19(20)27-31/h7-8,13,18,20,32H,3-6,9-12,14H2,1-2H3. The molecule has 4 aliphatic rings. The van der Waals surface area contributed by atoms with Crippen molar-refractivity contribution in [3.63, 3.8) is 0 Å². The van der Waals surface area contributed by atoms with Gasteiger partial charge in [-0.25, -0.2) is 9.40 Å². The lowest BCUT2D eigenvalue weighted by molar-refractivity contribution is -0.138. The van der Waals surface area contributed by atoms with Crippen LogP contribution in [0.25, 0.3) is 0 Å². The third-order valence-electron chi connectivity index (χ3n) is 7.30. The molecule has 5 rings (SSSR count). The number of hydrazone groups is 1. The van der Waals surface area contributed by atoms with Crippen LogP contribution in [-0.4, -0.2) is 94.1 Å². The molecule has 1 aromatic carbocycles. The summed E-state index contributed by atoms with van der Waals surface area (Å²) in [5, 5.41) is 16.8. The molecule has 2 bridgehead atoms. The van der Waals surface area contributed by atoms with Gasteiger partial charge in [-0.05, 0) is 32.3 Å². The Morgan fingerprint density at radius 3 is 2.69 bits per heavy atom. The zero-order chi connectivity index (χ0) is 25.6. The number of aliphatic hydroxyl groups is 1. The van der Waals surface area contributed by atoms with E-state index < -0.39 is 23.7 Å².